The molecule has 0 bridgehead atoms. The molecule has 1 aliphatic rings. The number of hydrogen-bond donors (Lipinski definition) is 1. The first-order valence-electron chi connectivity index (χ1n) is 10.3. The molecule has 3 heterocycles. The van der Waals surface area contributed by atoms with Crippen LogP contribution in [0.4, 0.5) is 10.3 Å². The van der Waals surface area contributed by atoms with Gasteiger partial charge in [0.2, 0.25) is 5.95 Å². The van der Waals surface area contributed by atoms with E-state index in [4.69, 9.17) is 23.2 Å². The minimum Gasteiger partial charge on any atom is -0.356 e. The first kappa shape index (κ1) is 20.3. The maximum absolute atomic E-state index is 14.1. The lowest BCUT2D eigenvalue weighted by Crippen LogP contribution is -2.37. The molecule has 4 aromatic rings. The molecular weight excluding hydrogens is 434 g/mol. The topological polar surface area (TPSA) is 44.8 Å². The Labute approximate surface area is 190 Å². The third-order valence-corrected chi connectivity index (χ3v) is 6.45. The minimum absolute atomic E-state index is 0.132. The molecule has 1 N–H and O–H groups in total. The van der Waals surface area contributed by atoms with Gasteiger partial charge in [0.05, 0.1) is 11.1 Å². The highest BCUT2D eigenvalue weighted by molar-refractivity contribution is 6.31. The molecule has 4 nitrogen and oxygen atoms in total. The van der Waals surface area contributed by atoms with Gasteiger partial charge in [-0.05, 0) is 47.2 Å². The Morgan fingerprint density at radius 2 is 1.90 bits per heavy atom. The molecule has 0 amide bonds. The van der Waals surface area contributed by atoms with E-state index in [-0.39, 0.29) is 11.1 Å². The van der Waals surface area contributed by atoms with E-state index in [0.717, 1.165) is 34.1 Å². The molecule has 1 aliphatic heterocycles. The maximum atomic E-state index is 14.1. The van der Waals surface area contributed by atoms with Crippen molar-refractivity contribution in [1.29, 1.82) is 0 Å². The zero-order valence-electron chi connectivity index (χ0n) is 17.2. The lowest BCUT2D eigenvalue weighted by atomic mass is 9.91. The Bertz CT molecular complexity index is 1270. The zero-order valence-corrected chi connectivity index (χ0v) is 18.7. The Kier molecular flexibility index (Phi) is 5.11. The summed E-state index contributed by atoms with van der Waals surface area (Å²) in [5.74, 6) is 0.584. The first-order chi connectivity index (χ1) is 14.9. The number of hydrogen-bond acceptors (Lipinski definition) is 3. The molecule has 2 aromatic carbocycles. The summed E-state index contributed by atoms with van der Waals surface area (Å²) in [6.45, 7) is 5.05. The molecule has 0 spiro atoms. The van der Waals surface area contributed by atoms with Crippen molar-refractivity contribution in [1.82, 2.24) is 15.0 Å². The van der Waals surface area contributed by atoms with Crippen molar-refractivity contribution in [2.75, 3.05) is 11.4 Å². The van der Waals surface area contributed by atoms with Crippen molar-refractivity contribution in [3.05, 3.63) is 87.0 Å². The number of anilines is 1. The molecule has 0 saturated heterocycles. The van der Waals surface area contributed by atoms with Gasteiger partial charge in [0.15, 0.2) is 0 Å². The molecule has 1 unspecified atom stereocenters. The van der Waals surface area contributed by atoms with Crippen molar-refractivity contribution in [3.63, 3.8) is 0 Å². The molecular formula is C24H21Cl2FN4. The van der Waals surface area contributed by atoms with Gasteiger partial charge in [-0.25, -0.2) is 14.4 Å². The highest BCUT2D eigenvalue weighted by atomic mass is 35.5. The summed E-state index contributed by atoms with van der Waals surface area (Å²) in [7, 11) is 0. The SMILES string of the molecule is CC(C)c1ccc(C2c3[nH]c4cc(F)c(Cl)cc4c3CCN2c2nccc(Cl)n2)cc1. The van der Waals surface area contributed by atoms with Gasteiger partial charge >= 0.3 is 0 Å². The zero-order chi connectivity index (χ0) is 21.7. The molecule has 158 valence electrons. The van der Waals surface area contributed by atoms with E-state index in [9.17, 15) is 4.39 Å². The number of halogens is 3. The number of aromatic amines is 1. The van der Waals surface area contributed by atoms with Crippen LogP contribution in [0.2, 0.25) is 10.2 Å². The summed E-state index contributed by atoms with van der Waals surface area (Å²) in [5, 5.41) is 1.49. The van der Waals surface area contributed by atoms with Crippen LogP contribution in [0.25, 0.3) is 10.9 Å². The highest BCUT2D eigenvalue weighted by Crippen LogP contribution is 2.41. The summed E-state index contributed by atoms with van der Waals surface area (Å²) >= 11 is 12.3. The fourth-order valence-electron chi connectivity index (χ4n) is 4.38. The van der Waals surface area contributed by atoms with Crippen LogP contribution in [-0.4, -0.2) is 21.5 Å². The molecule has 0 radical (unpaired) electrons. The molecule has 0 saturated carbocycles. The number of rotatable bonds is 3. The lowest BCUT2D eigenvalue weighted by molar-refractivity contribution is 0.625. The minimum atomic E-state index is -0.430. The number of fused-ring (bicyclic) bond motifs is 3. The van der Waals surface area contributed by atoms with E-state index in [1.54, 1.807) is 18.3 Å². The van der Waals surface area contributed by atoms with E-state index in [1.165, 1.54) is 11.6 Å². The lowest BCUT2D eigenvalue weighted by Gasteiger charge is -2.36. The second-order valence-electron chi connectivity index (χ2n) is 8.18. The first-order valence-corrected chi connectivity index (χ1v) is 11.0. The summed E-state index contributed by atoms with van der Waals surface area (Å²) in [5.41, 5.74) is 5.27. The molecule has 7 heteroatoms. The van der Waals surface area contributed by atoms with Crippen molar-refractivity contribution in [3.8, 4) is 0 Å². The second kappa shape index (κ2) is 7.81. The predicted molar refractivity (Wildman–Crippen MR) is 124 cm³/mol. The quantitative estimate of drug-likeness (QED) is 0.351. The molecule has 5 rings (SSSR count). The van der Waals surface area contributed by atoms with Crippen LogP contribution in [-0.2, 0) is 6.42 Å². The third-order valence-electron chi connectivity index (χ3n) is 5.95. The molecule has 1 atom stereocenters. The fraction of sp³-hybridized carbons (Fsp3) is 0.250. The van der Waals surface area contributed by atoms with E-state index < -0.39 is 5.82 Å². The van der Waals surface area contributed by atoms with Gasteiger partial charge in [-0.2, -0.15) is 0 Å². The van der Waals surface area contributed by atoms with Gasteiger partial charge in [-0.15, -0.1) is 0 Å². The van der Waals surface area contributed by atoms with Crippen LogP contribution in [0.1, 0.15) is 48.2 Å². The number of benzene rings is 2. The molecule has 2 aromatic heterocycles. The number of nitrogens with one attached hydrogen (secondary N) is 1. The molecule has 0 aliphatic carbocycles. The third kappa shape index (κ3) is 3.56. The predicted octanol–water partition coefficient (Wildman–Crippen LogP) is 6.68. The number of nitrogens with zero attached hydrogens (tertiary/aromatic N) is 3. The van der Waals surface area contributed by atoms with Gasteiger partial charge in [0.1, 0.15) is 11.0 Å². The average Bonchev–Trinajstić information content (AvgIpc) is 3.10. The summed E-state index contributed by atoms with van der Waals surface area (Å²) < 4.78 is 14.1. The van der Waals surface area contributed by atoms with Gasteiger partial charge in [0, 0.05) is 29.3 Å². The monoisotopic (exact) mass is 454 g/mol. The average molecular weight is 455 g/mol. The van der Waals surface area contributed by atoms with Crippen LogP contribution in [0.5, 0.6) is 0 Å². The normalized spacial score (nSPS) is 16.2. The van der Waals surface area contributed by atoms with E-state index in [2.05, 4.69) is 58.0 Å². The Morgan fingerprint density at radius 1 is 1.13 bits per heavy atom. The van der Waals surface area contributed by atoms with Gasteiger partial charge < -0.3 is 9.88 Å². The van der Waals surface area contributed by atoms with Crippen molar-refractivity contribution >= 4 is 40.1 Å². The fourth-order valence-corrected chi connectivity index (χ4v) is 4.67. The maximum Gasteiger partial charge on any atom is 0.227 e. The van der Waals surface area contributed by atoms with Crippen LogP contribution in [0.3, 0.4) is 0 Å². The van der Waals surface area contributed by atoms with E-state index >= 15 is 0 Å². The summed E-state index contributed by atoms with van der Waals surface area (Å²) in [4.78, 5) is 14.5. The van der Waals surface area contributed by atoms with E-state index in [0.29, 0.717) is 23.6 Å². The van der Waals surface area contributed by atoms with E-state index in [1.807, 2.05) is 0 Å². The van der Waals surface area contributed by atoms with Gasteiger partial charge in [0.25, 0.3) is 0 Å². The van der Waals surface area contributed by atoms with Gasteiger partial charge in [-0.3, -0.25) is 0 Å². The standard InChI is InChI=1S/C24H21Cl2FN4/c1-13(2)14-3-5-15(6-4-14)23-22-16(17-11-18(25)19(27)12-20(17)29-22)8-10-31(23)24-28-9-7-21(26)30-24/h3-7,9,11-13,23,29H,8,10H2,1-2H3. The van der Waals surface area contributed by atoms with Gasteiger partial charge in [-0.1, -0.05) is 61.3 Å². The van der Waals surface area contributed by atoms with Crippen molar-refractivity contribution < 1.29 is 4.39 Å². The smallest absolute Gasteiger partial charge is 0.227 e. The van der Waals surface area contributed by atoms with Crippen LogP contribution < -0.4 is 4.90 Å². The Hall–Kier alpha value is -2.63. The molecule has 31 heavy (non-hydrogen) atoms. The highest BCUT2D eigenvalue weighted by Gasteiger charge is 2.33. The van der Waals surface area contributed by atoms with Crippen molar-refractivity contribution in [2.24, 2.45) is 0 Å². The van der Waals surface area contributed by atoms with Crippen LogP contribution in [0.15, 0.2) is 48.7 Å². The Morgan fingerprint density at radius 3 is 2.61 bits per heavy atom. The largest absolute Gasteiger partial charge is 0.356 e. The Balaban J connectivity index is 1.70. The van der Waals surface area contributed by atoms with Crippen molar-refractivity contribution in [2.45, 2.75) is 32.2 Å². The number of aromatic nitrogens is 3. The summed E-state index contributed by atoms with van der Waals surface area (Å²) in [6.07, 6.45) is 2.42. The number of H-pyrrole nitrogens is 1. The molecule has 0 fully saturated rings. The summed E-state index contributed by atoms with van der Waals surface area (Å²) in [6, 6.07) is 13.3. The van der Waals surface area contributed by atoms with Crippen LogP contribution in [0, 0.1) is 5.82 Å². The van der Waals surface area contributed by atoms with Crippen LogP contribution >= 0.6 is 23.2 Å². The second-order valence-corrected chi connectivity index (χ2v) is 8.97.